The summed E-state index contributed by atoms with van der Waals surface area (Å²) in [7, 11) is 0. The third-order valence-corrected chi connectivity index (χ3v) is 3.86. The number of amides is 1. The molecule has 0 unspecified atom stereocenters. The van der Waals surface area contributed by atoms with Crippen molar-refractivity contribution in [1.82, 2.24) is 4.98 Å². The summed E-state index contributed by atoms with van der Waals surface area (Å²) in [5.74, 6) is -6.42. The number of anilines is 2. The topological polar surface area (TPSA) is 80.3 Å². The van der Waals surface area contributed by atoms with Gasteiger partial charge in [-0.3, -0.25) is 4.79 Å². The Morgan fingerprint density at radius 3 is 2.77 bits per heavy atom. The number of halogens is 3. The molecule has 2 N–H and O–H groups in total. The van der Waals surface area contributed by atoms with Gasteiger partial charge >= 0.3 is 5.97 Å². The highest BCUT2D eigenvalue weighted by atomic mass is 32.1. The van der Waals surface area contributed by atoms with E-state index in [0.717, 1.165) is 17.4 Å². The van der Waals surface area contributed by atoms with Crippen molar-refractivity contribution in [2.24, 2.45) is 0 Å². The molecule has 2 rings (SSSR count). The maximum Gasteiger partial charge on any atom is 0.358 e. The second kappa shape index (κ2) is 8.48. The molecule has 0 radical (unpaired) electrons. The molecule has 1 atom stereocenters. The van der Waals surface area contributed by atoms with E-state index in [1.165, 1.54) is 12.3 Å². The quantitative estimate of drug-likeness (QED) is 0.434. The summed E-state index contributed by atoms with van der Waals surface area (Å²) >= 11 is 1.16. The number of thiazole rings is 1. The molecule has 0 spiro atoms. The first-order chi connectivity index (χ1) is 12.3. The minimum Gasteiger partial charge on any atom is -0.448 e. The number of carbonyl (C=O) groups is 2. The Labute approximate surface area is 150 Å². The smallest absolute Gasteiger partial charge is 0.358 e. The predicted octanol–water partition coefficient (Wildman–Crippen LogP) is 3.34. The van der Waals surface area contributed by atoms with Crippen molar-refractivity contribution in [1.29, 1.82) is 0 Å². The largest absolute Gasteiger partial charge is 0.448 e. The van der Waals surface area contributed by atoms with E-state index in [-0.39, 0.29) is 5.69 Å². The highest BCUT2D eigenvalue weighted by Crippen LogP contribution is 2.20. The van der Waals surface area contributed by atoms with Crippen molar-refractivity contribution in [3.63, 3.8) is 0 Å². The van der Waals surface area contributed by atoms with Gasteiger partial charge in [0.05, 0.1) is 5.69 Å². The van der Waals surface area contributed by atoms with E-state index in [2.05, 4.69) is 16.9 Å². The summed E-state index contributed by atoms with van der Waals surface area (Å²) in [6.45, 7) is 5.24. The van der Waals surface area contributed by atoms with Crippen LogP contribution in [0, 0.1) is 17.5 Å². The van der Waals surface area contributed by atoms with E-state index in [9.17, 15) is 22.8 Å². The number of esters is 1. The SMILES string of the molecule is C=CCNc1nc(C(=O)O[C@@H](C)C(=O)Nc2ccc(F)c(F)c2F)cs1. The van der Waals surface area contributed by atoms with Gasteiger partial charge in [-0.2, -0.15) is 0 Å². The van der Waals surface area contributed by atoms with Crippen molar-refractivity contribution < 1.29 is 27.5 Å². The Morgan fingerprint density at radius 1 is 1.35 bits per heavy atom. The number of rotatable bonds is 7. The minimum absolute atomic E-state index is 0.0137. The highest BCUT2D eigenvalue weighted by molar-refractivity contribution is 7.13. The number of aromatic nitrogens is 1. The second-order valence-electron chi connectivity index (χ2n) is 4.97. The maximum absolute atomic E-state index is 13.6. The number of hydrogen-bond donors (Lipinski definition) is 2. The van der Waals surface area contributed by atoms with Gasteiger partial charge in [-0.1, -0.05) is 6.08 Å². The van der Waals surface area contributed by atoms with E-state index in [1.807, 2.05) is 5.32 Å². The lowest BCUT2D eigenvalue weighted by Crippen LogP contribution is -2.30. The number of benzene rings is 1. The fraction of sp³-hybridized carbons (Fsp3) is 0.188. The van der Waals surface area contributed by atoms with Gasteiger partial charge in [0.15, 0.2) is 34.4 Å². The molecule has 2 aromatic rings. The van der Waals surface area contributed by atoms with Crippen molar-refractivity contribution in [2.45, 2.75) is 13.0 Å². The maximum atomic E-state index is 13.6. The van der Waals surface area contributed by atoms with Gasteiger partial charge in [-0.15, -0.1) is 17.9 Å². The molecular formula is C16H14F3N3O3S. The number of ether oxygens (including phenoxy) is 1. The van der Waals surface area contributed by atoms with Gasteiger partial charge < -0.3 is 15.4 Å². The van der Waals surface area contributed by atoms with E-state index in [1.54, 1.807) is 6.08 Å². The van der Waals surface area contributed by atoms with Crippen LogP contribution in [0.15, 0.2) is 30.2 Å². The predicted molar refractivity (Wildman–Crippen MR) is 90.6 cm³/mol. The van der Waals surface area contributed by atoms with Crippen LogP contribution in [0.3, 0.4) is 0 Å². The van der Waals surface area contributed by atoms with Crippen molar-refractivity contribution in [3.05, 3.63) is 53.3 Å². The summed E-state index contributed by atoms with van der Waals surface area (Å²) in [5.41, 5.74) is -0.582. The van der Waals surface area contributed by atoms with Gasteiger partial charge in [-0.05, 0) is 19.1 Å². The molecule has 1 aromatic heterocycles. The number of carbonyl (C=O) groups excluding carboxylic acids is 2. The third kappa shape index (κ3) is 4.60. The lowest BCUT2D eigenvalue weighted by Gasteiger charge is -2.13. The summed E-state index contributed by atoms with van der Waals surface area (Å²) in [5, 5.41) is 6.83. The molecule has 0 saturated heterocycles. The molecule has 6 nitrogen and oxygen atoms in total. The average molecular weight is 385 g/mol. The fourth-order valence-corrected chi connectivity index (χ4v) is 2.43. The highest BCUT2D eigenvalue weighted by Gasteiger charge is 2.23. The van der Waals surface area contributed by atoms with Gasteiger partial charge in [0.25, 0.3) is 5.91 Å². The lowest BCUT2D eigenvalue weighted by molar-refractivity contribution is -0.123. The first kappa shape index (κ1) is 19.4. The Bertz CT molecular complexity index is 841. The van der Waals surface area contributed by atoms with Gasteiger partial charge in [0, 0.05) is 11.9 Å². The van der Waals surface area contributed by atoms with E-state index in [4.69, 9.17) is 4.74 Å². The molecule has 0 saturated carbocycles. The molecule has 26 heavy (non-hydrogen) atoms. The Kier molecular flexibility index (Phi) is 6.34. The molecule has 0 aliphatic heterocycles. The summed E-state index contributed by atoms with van der Waals surface area (Å²) < 4.78 is 44.5. The van der Waals surface area contributed by atoms with Crippen LogP contribution in [0.25, 0.3) is 0 Å². The van der Waals surface area contributed by atoms with Crippen molar-refractivity contribution in [2.75, 3.05) is 17.2 Å². The summed E-state index contributed by atoms with van der Waals surface area (Å²) in [6.07, 6.45) is 0.296. The lowest BCUT2D eigenvalue weighted by atomic mass is 10.2. The third-order valence-electron chi connectivity index (χ3n) is 3.06. The van der Waals surface area contributed by atoms with Gasteiger partial charge in [-0.25, -0.2) is 22.9 Å². The average Bonchev–Trinajstić information content (AvgIpc) is 3.09. The van der Waals surface area contributed by atoms with Crippen molar-refractivity contribution in [3.8, 4) is 0 Å². The van der Waals surface area contributed by atoms with Crippen LogP contribution in [-0.4, -0.2) is 29.5 Å². The zero-order valence-electron chi connectivity index (χ0n) is 13.5. The molecule has 1 aromatic carbocycles. The first-order valence-corrected chi connectivity index (χ1v) is 8.17. The Hall–Kier alpha value is -2.88. The van der Waals surface area contributed by atoms with Crippen LogP contribution in [0.1, 0.15) is 17.4 Å². The van der Waals surface area contributed by atoms with E-state index >= 15 is 0 Å². The Morgan fingerprint density at radius 2 is 2.08 bits per heavy atom. The van der Waals surface area contributed by atoms with E-state index in [0.29, 0.717) is 17.7 Å². The van der Waals surface area contributed by atoms with Crippen LogP contribution in [0.2, 0.25) is 0 Å². The molecule has 0 fully saturated rings. The van der Waals surface area contributed by atoms with Crippen LogP contribution in [0.5, 0.6) is 0 Å². The fourth-order valence-electron chi connectivity index (χ4n) is 1.74. The zero-order chi connectivity index (χ0) is 19.3. The van der Waals surface area contributed by atoms with Crippen LogP contribution in [0.4, 0.5) is 24.0 Å². The van der Waals surface area contributed by atoms with Crippen LogP contribution >= 0.6 is 11.3 Å². The second-order valence-corrected chi connectivity index (χ2v) is 5.83. The standard InChI is InChI=1S/C16H14F3N3O3S/c1-3-6-20-16-22-11(7-26-16)15(24)25-8(2)14(23)21-10-5-4-9(17)12(18)13(10)19/h3-5,7-8H,1,6H2,2H3,(H,20,22)(H,21,23)/t8-/m0/s1. The molecule has 0 bridgehead atoms. The zero-order valence-corrected chi connectivity index (χ0v) is 14.3. The van der Waals surface area contributed by atoms with Crippen molar-refractivity contribution >= 4 is 34.0 Å². The molecular weight excluding hydrogens is 371 g/mol. The molecule has 0 aliphatic rings. The number of hydrogen-bond acceptors (Lipinski definition) is 6. The first-order valence-electron chi connectivity index (χ1n) is 7.29. The summed E-state index contributed by atoms with van der Waals surface area (Å²) in [4.78, 5) is 27.9. The minimum atomic E-state index is -1.71. The summed E-state index contributed by atoms with van der Waals surface area (Å²) in [6, 6.07) is 1.52. The molecule has 138 valence electrons. The number of nitrogens with one attached hydrogen (secondary N) is 2. The monoisotopic (exact) mass is 385 g/mol. The van der Waals surface area contributed by atoms with E-state index < -0.39 is 41.1 Å². The van der Waals surface area contributed by atoms with Crippen LogP contribution in [-0.2, 0) is 9.53 Å². The number of nitrogens with zero attached hydrogens (tertiary/aromatic N) is 1. The normalized spacial score (nSPS) is 11.5. The molecule has 1 amide bonds. The molecule has 1 heterocycles. The van der Waals surface area contributed by atoms with Crippen LogP contribution < -0.4 is 10.6 Å². The molecule has 10 heteroatoms. The Balaban J connectivity index is 1.98. The van der Waals surface area contributed by atoms with Gasteiger partial charge in [0.1, 0.15) is 0 Å². The molecule has 0 aliphatic carbocycles. The van der Waals surface area contributed by atoms with Gasteiger partial charge in [0.2, 0.25) is 0 Å².